The second-order valence-electron chi connectivity index (χ2n) is 7.67. The first kappa shape index (κ1) is 20.9. The molecule has 160 valence electrons. The molecule has 2 unspecified atom stereocenters. The molecule has 0 spiro atoms. The number of hydrogen-bond acceptors (Lipinski definition) is 4. The summed E-state index contributed by atoms with van der Waals surface area (Å²) in [5, 5.41) is 7.55. The van der Waals surface area contributed by atoms with Gasteiger partial charge in [0.1, 0.15) is 30.1 Å². The number of halogens is 2. The summed E-state index contributed by atoms with van der Waals surface area (Å²) in [6.45, 7) is 4.90. The monoisotopic (exact) mass is 422 g/mol. The van der Waals surface area contributed by atoms with Crippen molar-refractivity contribution in [3.8, 4) is 11.3 Å². The van der Waals surface area contributed by atoms with Crippen molar-refractivity contribution in [2.24, 2.45) is 0 Å². The molecule has 0 fully saturated rings. The molecule has 0 saturated heterocycles. The zero-order valence-corrected chi connectivity index (χ0v) is 17.4. The number of aryl methyl sites for hydroxylation is 1. The number of aromatic nitrogens is 5. The Balaban J connectivity index is 1.48. The average Bonchev–Trinajstić information content (AvgIpc) is 3.43. The predicted molar refractivity (Wildman–Crippen MR) is 114 cm³/mol. The summed E-state index contributed by atoms with van der Waals surface area (Å²) in [5.74, 6) is -0.672. The Morgan fingerprint density at radius 3 is 2.65 bits per heavy atom. The van der Waals surface area contributed by atoms with Crippen molar-refractivity contribution in [2.75, 3.05) is 0 Å². The van der Waals surface area contributed by atoms with E-state index in [0.717, 1.165) is 23.1 Å². The van der Waals surface area contributed by atoms with Gasteiger partial charge in [0.05, 0.1) is 25.0 Å². The van der Waals surface area contributed by atoms with E-state index in [-0.39, 0.29) is 12.0 Å². The smallest absolute Gasteiger partial charge is 0.137 e. The van der Waals surface area contributed by atoms with Gasteiger partial charge in [-0.25, -0.2) is 18.7 Å². The van der Waals surface area contributed by atoms with Gasteiger partial charge < -0.3 is 10.3 Å². The van der Waals surface area contributed by atoms with E-state index in [2.05, 4.69) is 37.5 Å². The molecule has 2 heterocycles. The van der Waals surface area contributed by atoms with Crippen LogP contribution in [0.3, 0.4) is 0 Å². The molecular formula is C23H24F2N6. The van der Waals surface area contributed by atoms with E-state index >= 15 is 0 Å². The highest BCUT2D eigenvalue weighted by atomic mass is 19.1. The summed E-state index contributed by atoms with van der Waals surface area (Å²) in [6.07, 6.45) is 4.83. The molecule has 4 rings (SSSR count). The highest BCUT2D eigenvalue weighted by Gasteiger charge is 2.24. The van der Waals surface area contributed by atoms with Crippen molar-refractivity contribution in [1.82, 2.24) is 30.0 Å². The number of hydrogen-bond donors (Lipinski definition) is 2. The highest BCUT2D eigenvalue weighted by Crippen LogP contribution is 2.26. The molecule has 0 aliphatic carbocycles. The van der Waals surface area contributed by atoms with Gasteiger partial charge in [-0.3, -0.25) is 4.68 Å². The number of rotatable bonds is 8. The molecule has 4 aromatic rings. The molecule has 0 aliphatic heterocycles. The largest absolute Gasteiger partial charge is 0.341 e. The van der Waals surface area contributed by atoms with Crippen LogP contribution in [-0.4, -0.2) is 30.8 Å². The minimum Gasteiger partial charge on any atom is -0.341 e. The normalized spacial score (nSPS) is 13.3. The maximum atomic E-state index is 14.5. The van der Waals surface area contributed by atoms with Gasteiger partial charge in [-0.2, -0.15) is 5.10 Å². The molecule has 2 aromatic heterocycles. The lowest BCUT2D eigenvalue weighted by molar-refractivity contribution is 0.385. The van der Waals surface area contributed by atoms with Gasteiger partial charge in [0.2, 0.25) is 0 Å². The third kappa shape index (κ3) is 5.03. The van der Waals surface area contributed by atoms with E-state index in [0.29, 0.717) is 18.7 Å². The zero-order valence-electron chi connectivity index (χ0n) is 17.4. The van der Waals surface area contributed by atoms with Crippen molar-refractivity contribution in [2.45, 2.75) is 38.9 Å². The van der Waals surface area contributed by atoms with Gasteiger partial charge in [0.15, 0.2) is 0 Å². The fraction of sp³-hybridized carbons (Fsp3) is 0.261. The first-order valence-electron chi connectivity index (χ1n) is 10.1. The number of nitrogens with zero attached hydrogens (tertiary/aromatic N) is 4. The van der Waals surface area contributed by atoms with Crippen LogP contribution < -0.4 is 5.32 Å². The molecule has 2 N–H and O–H groups in total. The van der Waals surface area contributed by atoms with Crippen molar-refractivity contribution < 1.29 is 8.78 Å². The lowest BCUT2D eigenvalue weighted by Gasteiger charge is -2.25. The van der Waals surface area contributed by atoms with Crippen molar-refractivity contribution >= 4 is 0 Å². The minimum absolute atomic E-state index is 0.142. The highest BCUT2D eigenvalue weighted by molar-refractivity contribution is 5.58. The third-order valence-electron chi connectivity index (χ3n) is 5.40. The van der Waals surface area contributed by atoms with Crippen LogP contribution in [0.25, 0.3) is 11.3 Å². The lowest BCUT2D eigenvalue weighted by atomic mass is 9.91. The molecular weight excluding hydrogens is 398 g/mol. The van der Waals surface area contributed by atoms with Crippen molar-refractivity contribution in [1.29, 1.82) is 0 Å². The first-order chi connectivity index (χ1) is 15.0. The van der Waals surface area contributed by atoms with E-state index in [9.17, 15) is 8.78 Å². The average molecular weight is 422 g/mol. The molecule has 0 bridgehead atoms. The Morgan fingerprint density at radius 2 is 1.94 bits per heavy atom. The van der Waals surface area contributed by atoms with Gasteiger partial charge in [0.25, 0.3) is 0 Å². The lowest BCUT2D eigenvalue weighted by Crippen LogP contribution is -2.35. The third-order valence-corrected chi connectivity index (χ3v) is 5.40. The second-order valence-corrected chi connectivity index (χ2v) is 7.67. The maximum absolute atomic E-state index is 14.5. The standard InChI is InChI=1S/C23H24F2N6/c1-15-3-5-17(6-4-15)22-10-28-23(30-22)11-27-16(2)20(12-31-14-26-13-29-31)19-8-7-18(24)9-21(19)25/h3-10,13-14,16,20,27H,11-12H2,1-2H3,(H,28,30). The molecule has 0 radical (unpaired) electrons. The van der Waals surface area contributed by atoms with Crippen LogP contribution in [0.4, 0.5) is 8.78 Å². The van der Waals surface area contributed by atoms with Gasteiger partial charge in [-0.05, 0) is 31.0 Å². The number of nitrogens with one attached hydrogen (secondary N) is 2. The van der Waals surface area contributed by atoms with Gasteiger partial charge in [-0.15, -0.1) is 0 Å². The van der Waals surface area contributed by atoms with Gasteiger partial charge in [0, 0.05) is 18.0 Å². The van der Waals surface area contributed by atoms with E-state index in [1.165, 1.54) is 24.0 Å². The quantitative estimate of drug-likeness (QED) is 0.446. The van der Waals surface area contributed by atoms with E-state index < -0.39 is 11.6 Å². The van der Waals surface area contributed by atoms with Crippen LogP contribution >= 0.6 is 0 Å². The molecule has 6 nitrogen and oxygen atoms in total. The molecule has 0 amide bonds. The Morgan fingerprint density at radius 1 is 1.13 bits per heavy atom. The summed E-state index contributed by atoms with van der Waals surface area (Å²) in [5.41, 5.74) is 3.63. The number of H-pyrrole nitrogens is 1. The summed E-state index contributed by atoms with van der Waals surface area (Å²) < 4.78 is 29.6. The van der Waals surface area contributed by atoms with Crippen LogP contribution in [0.15, 0.2) is 61.3 Å². The Labute approximate surface area is 179 Å². The fourth-order valence-electron chi connectivity index (χ4n) is 3.59. The van der Waals surface area contributed by atoms with Crippen LogP contribution in [0.5, 0.6) is 0 Å². The summed E-state index contributed by atoms with van der Waals surface area (Å²) in [4.78, 5) is 11.7. The number of aromatic amines is 1. The van der Waals surface area contributed by atoms with Crippen molar-refractivity contribution in [3.63, 3.8) is 0 Å². The van der Waals surface area contributed by atoms with Gasteiger partial charge in [-0.1, -0.05) is 35.9 Å². The van der Waals surface area contributed by atoms with Crippen LogP contribution in [-0.2, 0) is 13.1 Å². The molecule has 2 atom stereocenters. The Hall–Kier alpha value is -3.39. The number of imidazole rings is 1. The molecule has 8 heteroatoms. The Kier molecular flexibility index (Phi) is 6.18. The Bertz CT molecular complexity index is 1120. The van der Waals surface area contributed by atoms with E-state index in [1.54, 1.807) is 17.2 Å². The van der Waals surface area contributed by atoms with E-state index in [1.807, 2.05) is 26.0 Å². The van der Waals surface area contributed by atoms with Crippen LogP contribution in [0.2, 0.25) is 0 Å². The maximum Gasteiger partial charge on any atom is 0.137 e. The van der Waals surface area contributed by atoms with Crippen LogP contribution in [0, 0.1) is 18.6 Å². The number of benzene rings is 2. The molecule has 2 aromatic carbocycles. The summed E-state index contributed by atoms with van der Waals surface area (Å²) in [7, 11) is 0. The first-order valence-corrected chi connectivity index (χ1v) is 10.1. The fourth-order valence-corrected chi connectivity index (χ4v) is 3.59. The topological polar surface area (TPSA) is 71.4 Å². The van der Waals surface area contributed by atoms with Crippen LogP contribution in [0.1, 0.15) is 29.8 Å². The van der Waals surface area contributed by atoms with Crippen molar-refractivity contribution in [3.05, 3.63) is 89.9 Å². The molecule has 0 aliphatic rings. The predicted octanol–water partition coefficient (Wildman–Crippen LogP) is 4.22. The second kappa shape index (κ2) is 9.18. The summed E-state index contributed by atoms with van der Waals surface area (Å²) in [6, 6.07) is 11.8. The molecule has 31 heavy (non-hydrogen) atoms. The zero-order chi connectivity index (χ0) is 21.8. The van der Waals surface area contributed by atoms with E-state index in [4.69, 9.17) is 0 Å². The van der Waals surface area contributed by atoms with Gasteiger partial charge >= 0.3 is 0 Å². The molecule has 0 saturated carbocycles. The minimum atomic E-state index is -0.597. The summed E-state index contributed by atoms with van der Waals surface area (Å²) >= 11 is 0. The SMILES string of the molecule is Cc1ccc(-c2cnc(CNC(C)C(Cn3cncn3)c3ccc(F)cc3F)[nH]2)cc1.